The summed E-state index contributed by atoms with van der Waals surface area (Å²) in [6.45, 7) is 6.21. The molecule has 0 N–H and O–H groups in total. The first-order chi connectivity index (χ1) is 5.04. The molecule has 0 aromatic rings. The highest BCUT2D eigenvalue weighted by Gasteiger charge is 2.44. The summed E-state index contributed by atoms with van der Waals surface area (Å²) in [6.07, 6.45) is 2.27. The molecule has 0 atom stereocenters. The van der Waals surface area contributed by atoms with Crippen LogP contribution in [0.25, 0.3) is 0 Å². The molecule has 1 fully saturated rings. The van der Waals surface area contributed by atoms with E-state index >= 15 is 0 Å². The Morgan fingerprint density at radius 1 is 1.55 bits per heavy atom. The Kier molecular flexibility index (Phi) is 2.33. The van der Waals surface area contributed by atoms with Gasteiger partial charge in [-0.3, -0.25) is 4.79 Å². The van der Waals surface area contributed by atoms with Gasteiger partial charge in [-0.15, -0.1) is 0 Å². The number of ether oxygens (including phenoxy) is 1. The second-order valence-corrected chi connectivity index (χ2v) is 3.84. The molecule has 0 unspecified atom stereocenters. The highest BCUT2D eigenvalue weighted by atomic mass is 16.5. The lowest BCUT2D eigenvalue weighted by molar-refractivity contribution is -0.129. The van der Waals surface area contributed by atoms with Gasteiger partial charge in [-0.2, -0.15) is 0 Å². The van der Waals surface area contributed by atoms with Crippen LogP contribution in [0.15, 0.2) is 0 Å². The van der Waals surface area contributed by atoms with Crippen LogP contribution in [0.5, 0.6) is 0 Å². The van der Waals surface area contributed by atoms with Gasteiger partial charge in [0.1, 0.15) is 6.61 Å². The first kappa shape index (κ1) is 8.72. The summed E-state index contributed by atoms with van der Waals surface area (Å²) in [7, 11) is 0. The molecule has 1 rings (SSSR count). The molecule has 2 heteroatoms. The molecule has 0 radical (unpaired) electrons. The van der Waals surface area contributed by atoms with E-state index in [-0.39, 0.29) is 17.3 Å². The molecule has 0 spiro atoms. The van der Waals surface area contributed by atoms with Gasteiger partial charge in [0.15, 0.2) is 5.78 Å². The van der Waals surface area contributed by atoms with Crippen molar-refractivity contribution in [2.45, 2.75) is 39.7 Å². The quantitative estimate of drug-likeness (QED) is 0.620. The maximum atomic E-state index is 11.3. The van der Waals surface area contributed by atoms with Crippen molar-refractivity contribution in [3.05, 3.63) is 0 Å². The van der Waals surface area contributed by atoms with Crippen LogP contribution in [0.1, 0.15) is 33.6 Å². The number of hydrogen-bond donors (Lipinski definition) is 0. The Bertz CT molecular complexity index is 157. The van der Waals surface area contributed by atoms with E-state index in [2.05, 4.69) is 0 Å². The normalized spacial score (nSPS) is 20.4. The average Bonchev–Trinajstić information content (AvgIpc) is 2.64. The topological polar surface area (TPSA) is 26.3 Å². The van der Waals surface area contributed by atoms with Crippen molar-refractivity contribution in [2.24, 2.45) is 5.41 Å². The summed E-state index contributed by atoms with van der Waals surface area (Å²) in [6, 6.07) is 0. The highest BCUT2D eigenvalue weighted by molar-refractivity contribution is 5.87. The minimum atomic E-state index is -0.0190. The summed E-state index contributed by atoms with van der Waals surface area (Å²) >= 11 is 0. The van der Waals surface area contributed by atoms with E-state index in [1.54, 1.807) is 0 Å². The molecule has 0 heterocycles. The summed E-state index contributed by atoms with van der Waals surface area (Å²) in [5.41, 5.74) is -0.0190. The second-order valence-electron chi connectivity index (χ2n) is 3.84. The summed E-state index contributed by atoms with van der Waals surface area (Å²) < 4.78 is 5.22. The Balaban J connectivity index is 2.22. The van der Waals surface area contributed by atoms with Crippen LogP contribution >= 0.6 is 0 Å². The Morgan fingerprint density at radius 2 is 2.09 bits per heavy atom. The molecule has 0 aliphatic heterocycles. The minimum Gasteiger partial charge on any atom is -0.371 e. The van der Waals surface area contributed by atoms with Crippen molar-refractivity contribution in [1.29, 1.82) is 0 Å². The van der Waals surface area contributed by atoms with Crippen molar-refractivity contribution >= 4 is 5.78 Å². The van der Waals surface area contributed by atoms with E-state index in [1.807, 2.05) is 20.8 Å². The molecular weight excluding hydrogens is 140 g/mol. The van der Waals surface area contributed by atoms with Crippen LogP contribution in [-0.4, -0.2) is 18.5 Å². The standard InChI is InChI=1S/C9H16O2/c1-7(2)11-6-8(10)9(3)4-5-9/h7H,4-6H2,1-3H3. The fourth-order valence-electron chi connectivity index (χ4n) is 0.883. The number of ketones is 1. The predicted molar refractivity (Wildman–Crippen MR) is 43.4 cm³/mol. The summed E-state index contributed by atoms with van der Waals surface area (Å²) in [5, 5.41) is 0. The van der Waals surface area contributed by atoms with Crippen LogP contribution in [0.4, 0.5) is 0 Å². The van der Waals surface area contributed by atoms with E-state index < -0.39 is 0 Å². The van der Waals surface area contributed by atoms with Crippen LogP contribution in [0.2, 0.25) is 0 Å². The Hall–Kier alpha value is -0.370. The fourth-order valence-corrected chi connectivity index (χ4v) is 0.883. The zero-order chi connectivity index (χ0) is 8.48. The van der Waals surface area contributed by atoms with Gasteiger partial charge in [0.05, 0.1) is 6.10 Å². The molecule has 2 nitrogen and oxygen atoms in total. The van der Waals surface area contributed by atoms with Gasteiger partial charge >= 0.3 is 0 Å². The number of hydrogen-bond acceptors (Lipinski definition) is 2. The molecule has 0 aromatic heterocycles. The Morgan fingerprint density at radius 3 is 2.45 bits per heavy atom. The van der Waals surface area contributed by atoms with E-state index in [4.69, 9.17) is 4.74 Å². The van der Waals surface area contributed by atoms with E-state index in [0.717, 1.165) is 12.8 Å². The van der Waals surface area contributed by atoms with E-state index in [9.17, 15) is 4.79 Å². The van der Waals surface area contributed by atoms with Crippen molar-refractivity contribution in [1.82, 2.24) is 0 Å². The van der Waals surface area contributed by atoms with E-state index in [0.29, 0.717) is 6.61 Å². The van der Waals surface area contributed by atoms with Gasteiger partial charge in [0.2, 0.25) is 0 Å². The molecule has 0 aromatic carbocycles. The van der Waals surface area contributed by atoms with Crippen LogP contribution in [0.3, 0.4) is 0 Å². The van der Waals surface area contributed by atoms with Gasteiger partial charge in [-0.05, 0) is 26.7 Å². The number of rotatable bonds is 4. The number of carbonyl (C=O) groups excluding carboxylic acids is 1. The maximum Gasteiger partial charge on any atom is 0.164 e. The zero-order valence-electron chi connectivity index (χ0n) is 7.52. The molecule has 1 aliphatic carbocycles. The highest BCUT2D eigenvalue weighted by Crippen LogP contribution is 2.45. The van der Waals surface area contributed by atoms with Crippen LogP contribution in [0, 0.1) is 5.41 Å². The average molecular weight is 156 g/mol. The van der Waals surface area contributed by atoms with Gasteiger partial charge in [-0.1, -0.05) is 6.92 Å². The van der Waals surface area contributed by atoms with Crippen molar-refractivity contribution in [3.8, 4) is 0 Å². The third kappa shape index (κ3) is 2.29. The van der Waals surface area contributed by atoms with Crippen molar-refractivity contribution in [2.75, 3.05) is 6.61 Å². The molecular formula is C9H16O2. The van der Waals surface area contributed by atoms with E-state index in [1.165, 1.54) is 0 Å². The smallest absolute Gasteiger partial charge is 0.164 e. The summed E-state index contributed by atoms with van der Waals surface area (Å²) in [4.78, 5) is 11.3. The summed E-state index contributed by atoms with van der Waals surface area (Å²) in [5.74, 6) is 0.270. The largest absolute Gasteiger partial charge is 0.371 e. The molecule has 0 saturated heterocycles. The number of carbonyl (C=O) groups is 1. The fraction of sp³-hybridized carbons (Fsp3) is 0.889. The maximum absolute atomic E-state index is 11.3. The first-order valence-electron chi connectivity index (χ1n) is 4.19. The zero-order valence-corrected chi connectivity index (χ0v) is 7.52. The molecule has 11 heavy (non-hydrogen) atoms. The Labute approximate surface area is 67.9 Å². The van der Waals surface area contributed by atoms with Crippen molar-refractivity contribution < 1.29 is 9.53 Å². The monoisotopic (exact) mass is 156 g/mol. The molecule has 0 bridgehead atoms. The lowest BCUT2D eigenvalue weighted by Gasteiger charge is -2.09. The third-order valence-electron chi connectivity index (χ3n) is 2.22. The molecule has 64 valence electrons. The lowest BCUT2D eigenvalue weighted by atomic mass is 10.1. The van der Waals surface area contributed by atoms with Crippen LogP contribution in [-0.2, 0) is 9.53 Å². The molecule has 1 aliphatic rings. The molecule has 0 amide bonds. The predicted octanol–water partition coefficient (Wildman–Crippen LogP) is 1.78. The number of Topliss-reactive ketones (excluding diaryl/α,β-unsaturated/α-hetero) is 1. The van der Waals surface area contributed by atoms with Crippen LogP contribution < -0.4 is 0 Å². The van der Waals surface area contributed by atoms with Gasteiger partial charge < -0.3 is 4.74 Å². The minimum absolute atomic E-state index is 0.0190. The second kappa shape index (κ2) is 2.94. The van der Waals surface area contributed by atoms with Gasteiger partial charge in [-0.25, -0.2) is 0 Å². The molecule has 1 saturated carbocycles. The van der Waals surface area contributed by atoms with Crippen molar-refractivity contribution in [3.63, 3.8) is 0 Å². The lowest BCUT2D eigenvalue weighted by Crippen LogP contribution is -2.20. The van der Waals surface area contributed by atoms with Gasteiger partial charge in [0, 0.05) is 5.41 Å². The van der Waals surface area contributed by atoms with Gasteiger partial charge in [0.25, 0.3) is 0 Å². The first-order valence-corrected chi connectivity index (χ1v) is 4.19. The SMILES string of the molecule is CC(C)OCC(=O)C1(C)CC1. The third-order valence-corrected chi connectivity index (χ3v) is 2.22.